The van der Waals surface area contributed by atoms with Gasteiger partial charge in [-0.05, 0) is 58.2 Å². The van der Waals surface area contributed by atoms with Crippen molar-refractivity contribution >= 4 is 53.7 Å². The average molecular weight is 476 g/mol. The minimum absolute atomic E-state index is 0.00106. The van der Waals surface area contributed by atoms with Crippen LogP contribution >= 0.6 is 47.8 Å². The third-order valence-corrected chi connectivity index (χ3v) is 4.84. The van der Waals surface area contributed by atoms with E-state index in [1.807, 2.05) is 36.4 Å². The number of amides is 1. The molecule has 1 atom stereocenters. The summed E-state index contributed by atoms with van der Waals surface area (Å²) >= 11 is 10.2. The van der Waals surface area contributed by atoms with Gasteiger partial charge in [0, 0.05) is 13.4 Å². The van der Waals surface area contributed by atoms with Gasteiger partial charge >= 0.3 is 0 Å². The normalized spacial score (nSPS) is 12.0. The Morgan fingerprint density at radius 1 is 1.05 bits per heavy atom. The lowest BCUT2D eigenvalue weighted by molar-refractivity contribution is 0.0935. The number of benzene rings is 2. The molecule has 1 unspecified atom stereocenters. The first-order valence-corrected chi connectivity index (χ1v) is 8.90. The molecule has 2 aromatic rings. The molecule has 0 aromatic heterocycles. The third kappa shape index (κ3) is 4.41. The summed E-state index contributed by atoms with van der Waals surface area (Å²) in [4.78, 5) is 12.4. The molecule has 0 aliphatic heterocycles. The van der Waals surface area contributed by atoms with Crippen LogP contribution in [-0.4, -0.2) is 5.91 Å². The van der Waals surface area contributed by atoms with E-state index in [0.717, 1.165) is 25.4 Å². The number of hydrogen-bond donors (Lipinski definition) is 1. The summed E-state index contributed by atoms with van der Waals surface area (Å²) in [6.07, 6.45) is 0.835. The zero-order valence-electron chi connectivity index (χ0n) is 11.4. The maximum absolute atomic E-state index is 12.4. The van der Waals surface area contributed by atoms with Crippen molar-refractivity contribution in [2.45, 2.75) is 19.4 Å². The van der Waals surface area contributed by atoms with Crippen LogP contribution in [0.1, 0.15) is 35.3 Å². The van der Waals surface area contributed by atoms with Crippen LogP contribution in [0.3, 0.4) is 0 Å². The number of carbonyl (C=O) groups is 1. The first-order valence-electron chi connectivity index (χ1n) is 6.52. The van der Waals surface area contributed by atoms with E-state index in [-0.39, 0.29) is 11.9 Å². The van der Waals surface area contributed by atoms with Gasteiger partial charge in [0.25, 0.3) is 5.91 Å². The fourth-order valence-electron chi connectivity index (χ4n) is 2.03. The molecule has 0 spiro atoms. The number of halogens is 3. The van der Waals surface area contributed by atoms with Crippen molar-refractivity contribution in [2.75, 3.05) is 0 Å². The SMILES string of the molecule is CCC(NC(=O)c1ccc(Br)cc1Br)c1ccc(Br)cc1. The monoisotopic (exact) mass is 473 g/mol. The summed E-state index contributed by atoms with van der Waals surface area (Å²) in [5, 5.41) is 3.08. The van der Waals surface area contributed by atoms with Gasteiger partial charge < -0.3 is 5.32 Å². The lowest BCUT2D eigenvalue weighted by Crippen LogP contribution is -2.28. The molecule has 0 fully saturated rings. The Morgan fingerprint density at radius 2 is 1.67 bits per heavy atom. The minimum Gasteiger partial charge on any atom is -0.345 e. The summed E-state index contributed by atoms with van der Waals surface area (Å²) in [5.41, 5.74) is 1.73. The highest BCUT2D eigenvalue weighted by Gasteiger charge is 2.16. The van der Waals surface area contributed by atoms with E-state index in [1.165, 1.54) is 0 Å². The second-order valence-corrected chi connectivity index (χ2v) is 7.30. The van der Waals surface area contributed by atoms with Gasteiger partial charge in [0.05, 0.1) is 11.6 Å². The fourth-order valence-corrected chi connectivity index (χ4v) is 3.52. The molecule has 5 heteroatoms. The second kappa shape index (κ2) is 7.56. The van der Waals surface area contributed by atoms with Crippen molar-refractivity contribution in [1.82, 2.24) is 5.32 Å². The Balaban J connectivity index is 2.18. The quantitative estimate of drug-likeness (QED) is 0.590. The van der Waals surface area contributed by atoms with Crippen LogP contribution in [0.2, 0.25) is 0 Å². The smallest absolute Gasteiger partial charge is 0.252 e. The molecule has 1 amide bonds. The topological polar surface area (TPSA) is 29.1 Å². The summed E-state index contributed by atoms with van der Waals surface area (Å²) in [6.45, 7) is 2.06. The van der Waals surface area contributed by atoms with Crippen LogP contribution in [0.5, 0.6) is 0 Å². The number of carbonyl (C=O) groups excluding carboxylic acids is 1. The summed E-state index contributed by atoms with van der Waals surface area (Å²) in [6, 6.07) is 13.6. The third-order valence-electron chi connectivity index (χ3n) is 3.16. The van der Waals surface area contributed by atoms with Crippen molar-refractivity contribution < 1.29 is 4.79 Å². The van der Waals surface area contributed by atoms with E-state index < -0.39 is 0 Å². The Morgan fingerprint density at radius 3 is 2.24 bits per heavy atom. The minimum atomic E-state index is -0.0795. The van der Waals surface area contributed by atoms with Crippen LogP contribution in [0.25, 0.3) is 0 Å². The van der Waals surface area contributed by atoms with Gasteiger partial charge in [-0.2, -0.15) is 0 Å². The molecule has 1 N–H and O–H groups in total. The maximum Gasteiger partial charge on any atom is 0.252 e. The number of nitrogens with one attached hydrogen (secondary N) is 1. The lowest BCUT2D eigenvalue weighted by Gasteiger charge is -2.18. The van der Waals surface area contributed by atoms with Gasteiger partial charge in [0.15, 0.2) is 0 Å². The molecule has 2 nitrogen and oxygen atoms in total. The highest BCUT2D eigenvalue weighted by atomic mass is 79.9. The van der Waals surface area contributed by atoms with E-state index >= 15 is 0 Å². The average Bonchev–Trinajstić information content (AvgIpc) is 2.45. The largest absolute Gasteiger partial charge is 0.345 e. The standard InChI is InChI=1S/C16H14Br3NO/c1-2-15(10-3-5-11(17)6-4-10)20-16(21)13-8-7-12(18)9-14(13)19/h3-9,15H,2H2,1H3,(H,20,21). The van der Waals surface area contributed by atoms with E-state index in [2.05, 4.69) is 60.0 Å². The van der Waals surface area contributed by atoms with Crippen LogP contribution in [-0.2, 0) is 0 Å². The molecule has 0 radical (unpaired) electrons. The zero-order chi connectivity index (χ0) is 15.4. The second-order valence-electron chi connectivity index (χ2n) is 4.61. The molecule has 2 aromatic carbocycles. The maximum atomic E-state index is 12.4. The van der Waals surface area contributed by atoms with Crippen LogP contribution < -0.4 is 5.32 Å². The van der Waals surface area contributed by atoms with E-state index in [1.54, 1.807) is 6.07 Å². The Hall–Kier alpha value is -0.650. The van der Waals surface area contributed by atoms with Gasteiger partial charge in [-0.1, -0.05) is 50.9 Å². The van der Waals surface area contributed by atoms with Gasteiger partial charge in [-0.15, -0.1) is 0 Å². The molecule has 0 bridgehead atoms. The predicted octanol–water partition coefficient (Wildman–Crippen LogP) is 5.86. The molecular weight excluding hydrogens is 462 g/mol. The first-order chi connectivity index (χ1) is 10.0. The van der Waals surface area contributed by atoms with Crippen molar-refractivity contribution in [3.8, 4) is 0 Å². The van der Waals surface area contributed by atoms with Crippen molar-refractivity contribution in [1.29, 1.82) is 0 Å². The summed E-state index contributed by atoms with van der Waals surface area (Å²) in [5.74, 6) is -0.0795. The molecule has 110 valence electrons. The van der Waals surface area contributed by atoms with Gasteiger partial charge in [0.1, 0.15) is 0 Å². The van der Waals surface area contributed by atoms with E-state index in [0.29, 0.717) is 5.56 Å². The molecule has 0 saturated carbocycles. The van der Waals surface area contributed by atoms with Crippen LogP contribution in [0.4, 0.5) is 0 Å². The van der Waals surface area contributed by atoms with E-state index in [9.17, 15) is 4.79 Å². The Kier molecular flexibility index (Phi) is 6.02. The van der Waals surface area contributed by atoms with Gasteiger partial charge in [-0.25, -0.2) is 0 Å². The Bertz CT molecular complexity index is 640. The molecule has 0 heterocycles. The van der Waals surface area contributed by atoms with Crippen molar-refractivity contribution in [2.24, 2.45) is 0 Å². The molecule has 0 aliphatic carbocycles. The first kappa shape index (κ1) is 16.7. The lowest BCUT2D eigenvalue weighted by atomic mass is 10.0. The molecule has 0 aliphatic rings. The van der Waals surface area contributed by atoms with Crippen molar-refractivity contribution in [3.63, 3.8) is 0 Å². The molecule has 21 heavy (non-hydrogen) atoms. The van der Waals surface area contributed by atoms with Gasteiger partial charge in [-0.3, -0.25) is 4.79 Å². The van der Waals surface area contributed by atoms with Crippen LogP contribution in [0, 0.1) is 0 Å². The molecule has 0 saturated heterocycles. The summed E-state index contributed by atoms with van der Waals surface area (Å²) < 4.78 is 2.74. The van der Waals surface area contributed by atoms with Crippen LogP contribution in [0.15, 0.2) is 55.9 Å². The van der Waals surface area contributed by atoms with Gasteiger partial charge in [0.2, 0.25) is 0 Å². The molecule has 2 rings (SSSR count). The highest BCUT2D eigenvalue weighted by Crippen LogP contribution is 2.24. The molecular formula is C16H14Br3NO. The Labute approximate surface area is 149 Å². The van der Waals surface area contributed by atoms with E-state index in [4.69, 9.17) is 0 Å². The highest BCUT2D eigenvalue weighted by molar-refractivity contribution is 9.11. The number of rotatable bonds is 4. The van der Waals surface area contributed by atoms with Crippen molar-refractivity contribution in [3.05, 3.63) is 67.0 Å². The zero-order valence-corrected chi connectivity index (χ0v) is 16.1. The summed E-state index contributed by atoms with van der Waals surface area (Å²) in [7, 11) is 0. The fraction of sp³-hybridized carbons (Fsp3) is 0.188. The number of hydrogen-bond acceptors (Lipinski definition) is 1. The predicted molar refractivity (Wildman–Crippen MR) is 96.5 cm³/mol.